The van der Waals surface area contributed by atoms with Gasteiger partial charge in [-0.3, -0.25) is 0 Å². The molecule has 2 aromatic rings. The number of H-pyrrole nitrogens is 1. The topological polar surface area (TPSA) is 40.7 Å². The van der Waals surface area contributed by atoms with E-state index < -0.39 is 0 Å². The molecular weight excluding hydrogens is 218 g/mol. The molecule has 0 spiro atoms. The molecule has 0 unspecified atom stereocenters. The molecule has 0 saturated carbocycles. The molecular formula is C12H17N3S. The highest BCUT2D eigenvalue weighted by atomic mass is 32.1. The Morgan fingerprint density at radius 3 is 3.00 bits per heavy atom. The van der Waals surface area contributed by atoms with Gasteiger partial charge in [0.2, 0.25) is 0 Å². The highest BCUT2D eigenvalue weighted by Gasteiger charge is 2.03. The smallest absolute Gasteiger partial charge is 0.0925 e. The van der Waals surface area contributed by atoms with Crippen LogP contribution in [0.4, 0.5) is 0 Å². The van der Waals surface area contributed by atoms with E-state index in [4.69, 9.17) is 0 Å². The molecule has 0 aliphatic carbocycles. The van der Waals surface area contributed by atoms with Crippen molar-refractivity contribution in [3.05, 3.63) is 39.6 Å². The Bertz CT molecular complexity index is 445. The molecule has 2 N–H and O–H groups in total. The van der Waals surface area contributed by atoms with Crippen molar-refractivity contribution in [2.45, 2.75) is 33.4 Å². The monoisotopic (exact) mass is 235 g/mol. The van der Waals surface area contributed by atoms with Crippen molar-refractivity contribution < 1.29 is 0 Å². The Morgan fingerprint density at radius 2 is 2.31 bits per heavy atom. The minimum Gasteiger partial charge on any atom is -0.348 e. The van der Waals surface area contributed by atoms with Crippen molar-refractivity contribution in [3.63, 3.8) is 0 Å². The lowest BCUT2D eigenvalue weighted by Gasteiger charge is -2.03. The van der Waals surface area contributed by atoms with Crippen LogP contribution in [0.15, 0.2) is 17.8 Å². The van der Waals surface area contributed by atoms with Gasteiger partial charge in [-0.05, 0) is 30.4 Å². The van der Waals surface area contributed by atoms with Crippen LogP contribution in [-0.2, 0) is 19.5 Å². The average Bonchev–Trinajstić information content (AvgIpc) is 2.88. The summed E-state index contributed by atoms with van der Waals surface area (Å²) in [5.74, 6) is 0. The molecule has 2 rings (SSSR count). The van der Waals surface area contributed by atoms with Gasteiger partial charge in [-0.25, -0.2) is 4.98 Å². The van der Waals surface area contributed by atoms with Crippen molar-refractivity contribution >= 4 is 11.3 Å². The molecule has 0 bridgehead atoms. The van der Waals surface area contributed by atoms with E-state index in [2.05, 4.69) is 33.7 Å². The molecule has 0 amide bonds. The van der Waals surface area contributed by atoms with Gasteiger partial charge in [-0.1, -0.05) is 6.92 Å². The molecule has 3 nitrogen and oxygen atoms in total. The Hall–Kier alpha value is -1.13. The first-order valence-electron chi connectivity index (χ1n) is 5.56. The van der Waals surface area contributed by atoms with E-state index in [0.717, 1.165) is 30.9 Å². The molecule has 2 aromatic heterocycles. The average molecular weight is 235 g/mol. The predicted octanol–water partition coefficient (Wildman–Crippen LogP) is 2.63. The highest BCUT2D eigenvalue weighted by molar-refractivity contribution is 7.10. The number of nitrogens with one attached hydrogen (secondary N) is 2. The first-order chi connectivity index (χ1) is 7.81. The maximum absolute atomic E-state index is 4.26. The molecule has 86 valence electrons. The Labute approximate surface area is 99.9 Å². The second kappa shape index (κ2) is 5.27. The summed E-state index contributed by atoms with van der Waals surface area (Å²) in [4.78, 5) is 8.79. The second-order valence-electron chi connectivity index (χ2n) is 3.80. The van der Waals surface area contributed by atoms with E-state index in [-0.39, 0.29) is 0 Å². The largest absolute Gasteiger partial charge is 0.348 e. The summed E-state index contributed by atoms with van der Waals surface area (Å²) < 4.78 is 0. The van der Waals surface area contributed by atoms with Crippen LogP contribution in [0.25, 0.3) is 0 Å². The number of hydrogen-bond acceptors (Lipinski definition) is 3. The van der Waals surface area contributed by atoms with Crippen LogP contribution in [0.3, 0.4) is 0 Å². The minimum atomic E-state index is 0.830. The highest BCUT2D eigenvalue weighted by Crippen LogP contribution is 2.17. The summed E-state index contributed by atoms with van der Waals surface area (Å²) in [7, 11) is 0. The van der Waals surface area contributed by atoms with E-state index in [0.29, 0.717) is 0 Å². The number of aromatic amines is 1. The zero-order valence-corrected chi connectivity index (χ0v) is 10.5. The van der Waals surface area contributed by atoms with E-state index >= 15 is 0 Å². The molecule has 0 saturated heterocycles. The van der Waals surface area contributed by atoms with Crippen LogP contribution >= 0.6 is 11.3 Å². The zero-order valence-electron chi connectivity index (χ0n) is 9.71. The second-order valence-corrected chi connectivity index (χ2v) is 4.80. The summed E-state index contributed by atoms with van der Waals surface area (Å²) in [6.07, 6.45) is 2.86. The predicted molar refractivity (Wildman–Crippen MR) is 67.6 cm³/mol. The third-order valence-corrected chi connectivity index (χ3v) is 3.69. The summed E-state index contributed by atoms with van der Waals surface area (Å²) in [6, 6.07) is 2.21. The number of imidazole rings is 1. The minimum absolute atomic E-state index is 0.830. The first kappa shape index (κ1) is 11.4. The Balaban J connectivity index is 1.87. The van der Waals surface area contributed by atoms with E-state index in [9.17, 15) is 0 Å². The van der Waals surface area contributed by atoms with Gasteiger partial charge in [0.05, 0.1) is 12.0 Å². The normalized spacial score (nSPS) is 10.9. The molecule has 0 atom stereocenters. The van der Waals surface area contributed by atoms with Crippen LogP contribution < -0.4 is 5.32 Å². The number of thiophene rings is 1. The van der Waals surface area contributed by atoms with Gasteiger partial charge in [0.25, 0.3) is 0 Å². The van der Waals surface area contributed by atoms with Crippen molar-refractivity contribution in [2.75, 3.05) is 0 Å². The summed E-state index contributed by atoms with van der Waals surface area (Å²) in [6.45, 7) is 6.01. The molecule has 0 aliphatic heterocycles. The molecule has 4 heteroatoms. The molecule has 0 radical (unpaired) electrons. The first-order valence-corrected chi connectivity index (χ1v) is 6.44. The fraction of sp³-hybridized carbons (Fsp3) is 0.417. The SMILES string of the molecule is CCc1ccsc1CNCc1nc[nH]c1C. The molecule has 0 aliphatic rings. The van der Waals surface area contributed by atoms with E-state index in [1.54, 1.807) is 6.33 Å². The molecule has 0 fully saturated rings. The van der Waals surface area contributed by atoms with Crippen LogP contribution in [0.1, 0.15) is 28.8 Å². The number of hydrogen-bond donors (Lipinski definition) is 2. The van der Waals surface area contributed by atoms with Gasteiger partial charge < -0.3 is 10.3 Å². The molecule has 16 heavy (non-hydrogen) atoms. The molecule has 0 aromatic carbocycles. The van der Waals surface area contributed by atoms with Crippen molar-refractivity contribution in [1.29, 1.82) is 0 Å². The van der Waals surface area contributed by atoms with Gasteiger partial charge in [0.15, 0.2) is 0 Å². The standard InChI is InChI=1S/C12H17N3S/c1-3-10-4-5-16-12(10)7-13-6-11-9(2)14-8-15-11/h4-5,8,13H,3,6-7H2,1-2H3,(H,14,15). The van der Waals surface area contributed by atoms with Crippen molar-refractivity contribution in [3.8, 4) is 0 Å². The third kappa shape index (κ3) is 2.51. The van der Waals surface area contributed by atoms with Crippen molar-refractivity contribution in [1.82, 2.24) is 15.3 Å². The number of aromatic nitrogens is 2. The van der Waals surface area contributed by atoms with Gasteiger partial charge in [-0.2, -0.15) is 0 Å². The molecule has 2 heterocycles. The number of aryl methyl sites for hydroxylation is 2. The fourth-order valence-electron chi connectivity index (χ4n) is 1.70. The zero-order chi connectivity index (χ0) is 11.4. The lowest BCUT2D eigenvalue weighted by molar-refractivity contribution is 0.682. The van der Waals surface area contributed by atoms with Crippen LogP contribution in [0, 0.1) is 6.92 Å². The van der Waals surface area contributed by atoms with Crippen LogP contribution in [-0.4, -0.2) is 9.97 Å². The Morgan fingerprint density at radius 1 is 1.44 bits per heavy atom. The maximum Gasteiger partial charge on any atom is 0.0925 e. The number of nitrogens with zero attached hydrogens (tertiary/aromatic N) is 1. The third-order valence-electron chi connectivity index (χ3n) is 2.73. The van der Waals surface area contributed by atoms with Gasteiger partial charge in [0, 0.05) is 23.7 Å². The summed E-state index contributed by atoms with van der Waals surface area (Å²) >= 11 is 1.82. The van der Waals surface area contributed by atoms with Crippen LogP contribution in [0.5, 0.6) is 0 Å². The van der Waals surface area contributed by atoms with E-state index in [1.165, 1.54) is 10.4 Å². The van der Waals surface area contributed by atoms with Crippen LogP contribution in [0.2, 0.25) is 0 Å². The van der Waals surface area contributed by atoms with E-state index in [1.807, 2.05) is 18.3 Å². The summed E-state index contributed by atoms with van der Waals surface area (Å²) in [5, 5.41) is 5.60. The van der Waals surface area contributed by atoms with Gasteiger partial charge in [0.1, 0.15) is 0 Å². The van der Waals surface area contributed by atoms with Crippen molar-refractivity contribution in [2.24, 2.45) is 0 Å². The number of rotatable bonds is 5. The van der Waals surface area contributed by atoms with Gasteiger partial charge in [-0.15, -0.1) is 11.3 Å². The fourth-order valence-corrected chi connectivity index (χ4v) is 2.64. The Kier molecular flexibility index (Phi) is 3.74. The lowest BCUT2D eigenvalue weighted by atomic mass is 10.2. The maximum atomic E-state index is 4.26. The lowest BCUT2D eigenvalue weighted by Crippen LogP contribution is -2.13. The summed E-state index contributed by atoms with van der Waals surface area (Å²) in [5.41, 5.74) is 3.71. The quantitative estimate of drug-likeness (QED) is 0.836. The van der Waals surface area contributed by atoms with Gasteiger partial charge >= 0.3 is 0 Å².